The Morgan fingerprint density at radius 1 is 0.410 bits per heavy atom. The van der Waals surface area contributed by atoms with E-state index >= 15 is 0 Å². The smallest absolute Gasteiger partial charge is 0.377 e. The third-order valence-electron chi connectivity index (χ3n) is 7.13. The van der Waals surface area contributed by atoms with Crippen LogP contribution < -0.4 is 0 Å². The SMILES string of the molecule is CCO[Si](OCC)(OCC)C(C)C(C(C)[Si](OCC)(OCC)OCC)([Si](OC)(OC)OC)[Si](OC)(OC)OC. The van der Waals surface area contributed by atoms with Crippen LogP contribution in [0.4, 0.5) is 0 Å². The molecule has 0 bridgehead atoms. The predicted octanol–water partition coefficient (Wildman–Crippen LogP) is 3.90. The Labute approximate surface area is 241 Å². The molecular weight excluding hydrogens is 581 g/mol. The maximum atomic E-state index is 6.48. The van der Waals surface area contributed by atoms with Gasteiger partial charge in [-0.25, -0.2) is 0 Å². The summed E-state index contributed by atoms with van der Waals surface area (Å²) in [7, 11) is -5.84. The summed E-state index contributed by atoms with van der Waals surface area (Å²) >= 11 is 0. The largest absolute Gasteiger partial charge is 0.511 e. The molecule has 0 saturated carbocycles. The lowest BCUT2D eigenvalue weighted by Crippen LogP contribution is -2.77. The second-order valence-corrected chi connectivity index (χ2v) is 21.2. The van der Waals surface area contributed by atoms with E-state index in [0.29, 0.717) is 39.6 Å². The summed E-state index contributed by atoms with van der Waals surface area (Å²) in [5, 5.41) is 0. The Bertz CT molecular complexity index is 550. The van der Waals surface area contributed by atoms with Crippen molar-refractivity contribution in [1.29, 1.82) is 0 Å². The van der Waals surface area contributed by atoms with Gasteiger partial charge in [0.1, 0.15) is 4.66 Å². The average molecular weight is 637 g/mol. The Morgan fingerprint density at radius 2 is 0.590 bits per heavy atom. The van der Waals surface area contributed by atoms with E-state index in [4.69, 9.17) is 53.1 Å². The van der Waals surface area contributed by atoms with Gasteiger partial charge in [-0.1, -0.05) is 13.8 Å². The van der Waals surface area contributed by atoms with Crippen LogP contribution in [0.5, 0.6) is 0 Å². The summed E-state index contributed by atoms with van der Waals surface area (Å²) in [6.45, 7) is 17.4. The van der Waals surface area contributed by atoms with Crippen LogP contribution in [0.1, 0.15) is 55.4 Å². The van der Waals surface area contributed by atoms with Crippen LogP contribution in [0.25, 0.3) is 0 Å². The molecule has 2 unspecified atom stereocenters. The summed E-state index contributed by atoms with van der Waals surface area (Å²) in [4.78, 5) is 0. The molecule has 39 heavy (non-hydrogen) atoms. The van der Waals surface area contributed by atoms with Gasteiger partial charge in [-0.15, -0.1) is 0 Å². The molecule has 0 rings (SSSR count). The minimum Gasteiger partial charge on any atom is -0.377 e. The van der Waals surface area contributed by atoms with Gasteiger partial charge in [-0.05, 0) is 41.5 Å². The second-order valence-electron chi connectivity index (χ2n) is 8.45. The summed E-state index contributed by atoms with van der Waals surface area (Å²) in [5.74, 6) is 0. The van der Waals surface area contributed by atoms with Gasteiger partial charge in [-0.2, -0.15) is 0 Å². The lowest BCUT2D eigenvalue weighted by Gasteiger charge is -2.58. The van der Waals surface area contributed by atoms with E-state index in [1.54, 1.807) is 42.7 Å². The van der Waals surface area contributed by atoms with E-state index in [1.807, 2.05) is 55.4 Å². The van der Waals surface area contributed by atoms with Gasteiger partial charge < -0.3 is 53.1 Å². The van der Waals surface area contributed by atoms with Crippen molar-refractivity contribution in [3.8, 4) is 0 Å². The highest BCUT2D eigenvalue weighted by Crippen LogP contribution is 2.69. The van der Waals surface area contributed by atoms with Crippen LogP contribution in [0.15, 0.2) is 0 Å². The van der Waals surface area contributed by atoms with Crippen LogP contribution >= 0.6 is 0 Å². The highest BCUT2D eigenvalue weighted by atomic mass is 28.5. The van der Waals surface area contributed by atoms with Crippen molar-refractivity contribution in [3.05, 3.63) is 0 Å². The molecule has 0 heterocycles. The Hall–Kier alpha value is 0.388. The van der Waals surface area contributed by atoms with Gasteiger partial charge in [-0.3, -0.25) is 0 Å². The van der Waals surface area contributed by atoms with Gasteiger partial charge in [0.25, 0.3) is 0 Å². The van der Waals surface area contributed by atoms with Crippen molar-refractivity contribution in [3.63, 3.8) is 0 Å². The topological polar surface area (TPSA) is 111 Å². The lowest BCUT2D eigenvalue weighted by molar-refractivity contribution is 0.00626. The quantitative estimate of drug-likeness (QED) is 0.143. The molecule has 236 valence electrons. The molecule has 0 spiro atoms. The first kappa shape index (κ1) is 39.4. The van der Waals surface area contributed by atoms with Crippen molar-refractivity contribution < 1.29 is 53.1 Å². The van der Waals surface area contributed by atoms with E-state index < -0.39 is 51.0 Å². The van der Waals surface area contributed by atoms with E-state index in [9.17, 15) is 0 Å². The summed E-state index contributed by atoms with van der Waals surface area (Å²) in [6, 6.07) is 0. The van der Waals surface area contributed by atoms with Crippen LogP contribution in [0.3, 0.4) is 0 Å². The molecule has 12 nitrogen and oxygen atoms in total. The first-order valence-electron chi connectivity index (χ1n) is 13.7. The third kappa shape index (κ3) is 7.14. The zero-order valence-corrected chi connectivity index (χ0v) is 30.8. The van der Waals surface area contributed by atoms with Crippen molar-refractivity contribution in [2.24, 2.45) is 0 Å². The molecular formula is C23H56O12Si4. The molecule has 0 radical (unpaired) electrons. The Morgan fingerprint density at radius 3 is 0.718 bits per heavy atom. The van der Waals surface area contributed by atoms with Gasteiger partial charge in [0.15, 0.2) is 0 Å². The van der Waals surface area contributed by atoms with Gasteiger partial charge in [0.2, 0.25) is 0 Å². The predicted molar refractivity (Wildman–Crippen MR) is 156 cm³/mol. The molecule has 0 aliphatic heterocycles. The highest BCUT2D eigenvalue weighted by molar-refractivity contribution is 6.90. The van der Waals surface area contributed by atoms with E-state index in [0.717, 1.165) is 0 Å². The van der Waals surface area contributed by atoms with Crippen molar-refractivity contribution in [2.45, 2.75) is 71.1 Å². The number of hydrogen-bond donors (Lipinski definition) is 0. The molecule has 0 N–H and O–H groups in total. The minimum atomic E-state index is -3.94. The first-order chi connectivity index (χ1) is 18.5. The van der Waals surface area contributed by atoms with E-state index in [2.05, 4.69) is 0 Å². The zero-order valence-electron chi connectivity index (χ0n) is 26.8. The molecule has 0 fully saturated rings. The summed E-state index contributed by atoms with van der Waals surface area (Å²) < 4.78 is 75.4. The lowest BCUT2D eigenvalue weighted by atomic mass is 10.2. The van der Waals surface area contributed by atoms with Gasteiger partial charge in [0, 0.05) is 93.4 Å². The third-order valence-corrected chi connectivity index (χ3v) is 24.3. The average Bonchev–Trinajstić information content (AvgIpc) is 2.94. The van der Waals surface area contributed by atoms with Crippen molar-refractivity contribution in [1.82, 2.24) is 0 Å². The first-order valence-corrected chi connectivity index (χ1v) is 20.7. The van der Waals surface area contributed by atoms with Crippen LogP contribution in [0, 0.1) is 0 Å². The Kier molecular flexibility index (Phi) is 18.3. The van der Waals surface area contributed by atoms with Crippen LogP contribution in [-0.2, 0) is 53.1 Å². The molecule has 0 saturated heterocycles. The van der Waals surface area contributed by atoms with Crippen molar-refractivity contribution in [2.75, 3.05) is 82.3 Å². The number of hydrogen-bond acceptors (Lipinski definition) is 12. The maximum absolute atomic E-state index is 6.48. The normalized spacial score (nSPS) is 15.5. The summed E-state index contributed by atoms with van der Waals surface area (Å²) in [6.07, 6.45) is 0. The maximum Gasteiger partial charge on any atom is 0.511 e. The molecule has 16 heteroatoms. The van der Waals surface area contributed by atoms with Gasteiger partial charge in [0.05, 0.1) is 0 Å². The van der Waals surface area contributed by atoms with Gasteiger partial charge >= 0.3 is 35.2 Å². The highest BCUT2D eigenvalue weighted by Gasteiger charge is 2.87. The molecule has 0 amide bonds. The molecule has 2 atom stereocenters. The fourth-order valence-electron chi connectivity index (χ4n) is 5.90. The molecule has 0 aliphatic carbocycles. The minimum absolute atomic E-state index is 0.342. The second kappa shape index (κ2) is 18.1. The van der Waals surface area contributed by atoms with E-state index in [1.165, 1.54) is 0 Å². The fraction of sp³-hybridized carbons (Fsp3) is 1.00. The monoisotopic (exact) mass is 636 g/mol. The fourth-order valence-corrected chi connectivity index (χ4v) is 24.8. The number of rotatable bonds is 24. The van der Waals surface area contributed by atoms with E-state index in [-0.39, 0.29) is 0 Å². The summed E-state index contributed by atoms with van der Waals surface area (Å²) in [5.41, 5.74) is -1.27. The molecule has 0 aromatic rings. The standard InChI is InChI=1S/C23H56O12Si4/c1-15-30-36(31-16-2,32-17-3)21(7)23(38(24-9,25-10)26-11,39(27-12,28-13)29-14)22(8)37(33-18-4,34-19-5)35-20-6/h21-22H,15-20H2,1-14H3. The van der Waals surface area contributed by atoms with Crippen LogP contribution in [0.2, 0.25) is 15.7 Å². The zero-order chi connectivity index (χ0) is 30.4. The van der Waals surface area contributed by atoms with Crippen molar-refractivity contribution >= 4 is 35.2 Å². The van der Waals surface area contributed by atoms with Crippen LogP contribution in [-0.4, -0.2) is 118 Å². The molecule has 0 aliphatic rings. The molecule has 0 aromatic heterocycles. The molecule has 0 aromatic carbocycles. The Balaban J connectivity index is 8.48.